The second-order valence-electron chi connectivity index (χ2n) is 3.02. The fourth-order valence-corrected chi connectivity index (χ4v) is 1.72. The van der Waals surface area contributed by atoms with Crippen LogP contribution in [0.3, 0.4) is 0 Å². The fraction of sp³-hybridized carbons (Fsp3) is 0. The van der Waals surface area contributed by atoms with Crippen molar-refractivity contribution >= 4 is 23.2 Å². The van der Waals surface area contributed by atoms with Gasteiger partial charge in [0.15, 0.2) is 0 Å². The van der Waals surface area contributed by atoms with Crippen LogP contribution in [0.4, 0.5) is 4.39 Å². The highest BCUT2D eigenvalue weighted by molar-refractivity contribution is 6.33. The molecule has 0 unspecified atom stereocenters. The Kier molecular flexibility index (Phi) is 2.94. The van der Waals surface area contributed by atoms with E-state index in [9.17, 15) is 4.39 Å². The predicted molar refractivity (Wildman–Crippen MR) is 60.7 cm³/mol. The lowest BCUT2D eigenvalue weighted by atomic mass is 10.1. The molecule has 0 fully saturated rings. The van der Waals surface area contributed by atoms with Crippen molar-refractivity contribution in [2.45, 2.75) is 0 Å². The Balaban J connectivity index is 2.58. The standard InChI is InChI=1S/C12H6Cl2F/c13-9-6-4-8(5-7-9)12-10(14)2-1-3-11(12)15/h1,3-7H. The van der Waals surface area contributed by atoms with Gasteiger partial charge >= 0.3 is 0 Å². The summed E-state index contributed by atoms with van der Waals surface area (Å²) in [6, 6.07) is 12.4. The number of rotatable bonds is 1. The van der Waals surface area contributed by atoms with E-state index in [1.54, 1.807) is 24.3 Å². The molecule has 3 heteroatoms. The molecule has 0 nitrogen and oxygen atoms in total. The molecule has 2 rings (SSSR count). The van der Waals surface area contributed by atoms with E-state index >= 15 is 0 Å². The van der Waals surface area contributed by atoms with Gasteiger partial charge < -0.3 is 0 Å². The van der Waals surface area contributed by atoms with Crippen molar-refractivity contribution < 1.29 is 4.39 Å². The minimum absolute atomic E-state index is 0.275. The second-order valence-corrected chi connectivity index (χ2v) is 3.84. The van der Waals surface area contributed by atoms with Gasteiger partial charge in [0.05, 0.1) is 5.02 Å². The fourth-order valence-electron chi connectivity index (χ4n) is 1.33. The van der Waals surface area contributed by atoms with Gasteiger partial charge in [-0.05, 0) is 29.8 Å². The first-order chi connectivity index (χ1) is 7.18. The van der Waals surface area contributed by atoms with E-state index in [-0.39, 0.29) is 10.8 Å². The zero-order valence-corrected chi connectivity index (χ0v) is 9.11. The smallest absolute Gasteiger partial charge is 0.132 e. The largest absolute Gasteiger partial charge is 0.206 e. The third kappa shape index (κ3) is 2.14. The van der Waals surface area contributed by atoms with Crippen LogP contribution in [-0.2, 0) is 0 Å². The van der Waals surface area contributed by atoms with Gasteiger partial charge in [-0.1, -0.05) is 35.3 Å². The van der Waals surface area contributed by atoms with Crippen molar-refractivity contribution in [1.82, 2.24) is 0 Å². The molecule has 0 saturated heterocycles. The van der Waals surface area contributed by atoms with Gasteiger partial charge in [-0.3, -0.25) is 0 Å². The molecule has 0 heterocycles. The topological polar surface area (TPSA) is 0 Å². The zero-order chi connectivity index (χ0) is 10.8. The van der Waals surface area contributed by atoms with Gasteiger partial charge in [0.25, 0.3) is 0 Å². The molecule has 2 aromatic carbocycles. The van der Waals surface area contributed by atoms with E-state index in [4.69, 9.17) is 23.2 Å². The second kappa shape index (κ2) is 4.21. The summed E-state index contributed by atoms with van der Waals surface area (Å²) >= 11 is 11.6. The average molecular weight is 240 g/mol. The van der Waals surface area contributed by atoms with Crippen LogP contribution in [0.15, 0.2) is 36.4 Å². The van der Waals surface area contributed by atoms with E-state index in [0.717, 1.165) is 0 Å². The van der Waals surface area contributed by atoms with E-state index in [1.165, 1.54) is 12.1 Å². The molecular formula is C12H6Cl2F. The van der Waals surface area contributed by atoms with Crippen molar-refractivity contribution in [1.29, 1.82) is 0 Å². The molecule has 0 aliphatic heterocycles. The van der Waals surface area contributed by atoms with Crippen LogP contribution in [0, 0.1) is 11.9 Å². The first kappa shape index (κ1) is 10.5. The quantitative estimate of drug-likeness (QED) is 0.683. The maximum Gasteiger partial charge on any atom is 0.132 e. The van der Waals surface area contributed by atoms with Crippen molar-refractivity contribution in [2.75, 3.05) is 0 Å². The molecule has 0 bridgehead atoms. The van der Waals surface area contributed by atoms with Crippen molar-refractivity contribution in [3.05, 3.63) is 58.3 Å². The molecule has 0 N–H and O–H groups in total. The van der Waals surface area contributed by atoms with Gasteiger partial charge in [-0.25, -0.2) is 4.39 Å². The SMILES string of the molecule is Fc1cc[c]c(Cl)c1-c1ccc(Cl)cc1. The Morgan fingerprint density at radius 3 is 2.27 bits per heavy atom. The van der Waals surface area contributed by atoms with Gasteiger partial charge in [0, 0.05) is 16.7 Å². The molecule has 0 spiro atoms. The molecule has 0 aromatic heterocycles. The van der Waals surface area contributed by atoms with Crippen molar-refractivity contribution in [3.8, 4) is 11.1 Å². The molecule has 0 aliphatic rings. The maximum atomic E-state index is 13.5. The number of halogens is 3. The summed E-state index contributed by atoms with van der Waals surface area (Å²) in [6.07, 6.45) is 0. The van der Waals surface area contributed by atoms with Crippen LogP contribution < -0.4 is 0 Å². The minimum Gasteiger partial charge on any atom is -0.206 e. The number of hydrogen-bond donors (Lipinski definition) is 0. The highest BCUT2D eigenvalue weighted by Gasteiger charge is 2.08. The third-order valence-corrected chi connectivity index (χ3v) is 2.58. The zero-order valence-electron chi connectivity index (χ0n) is 7.60. The molecular weight excluding hydrogens is 234 g/mol. The maximum absolute atomic E-state index is 13.5. The first-order valence-electron chi connectivity index (χ1n) is 4.30. The highest BCUT2D eigenvalue weighted by Crippen LogP contribution is 2.30. The van der Waals surface area contributed by atoms with E-state index < -0.39 is 0 Å². The van der Waals surface area contributed by atoms with Gasteiger partial charge in [-0.2, -0.15) is 0 Å². The Bertz CT molecular complexity index is 457. The number of benzene rings is 2. The summed E-state index contributed by atoms with van der Waals surface area (Å²) in [5.41, 5.74) is 1.05. The van der Waals surface area contributed by atoms with Crippen molar-refractivity contribution in [3.63, 3.8) is 0 Å². The molecule has 1 radical (unpaired) electrons. The molecule has 0 amide bonds. The van der Waals surface area contributed by atoms with Crippen LogP contribution in [-0.4, -0.2) is 0 Å². The summed E-state index contributed by atoms with van der Waals surface area (Å²) in [6.45, 7) is 0. The van der Waals surface area contributed by atoms with Gasteiger partial charge in [0.2, 0.25) is 0 Å². The first-order valence-corrected chi connectivity index (χ1v) is 5.05. The molecule has 0 atom stereocenters. The Morgan fingerprint density at radius 1 is 1.00 bits per heavy atom. The highest BCUT2D eigenvalue weighted by atomic mass is 35.5. The van der Waals surface area contributed by atoms with Crippen LogP contribution >= 0.6 is 23.2 Å². The molecule has 75 valence electrons. The van der Waals surface area contributed by atoms with Gasteiger partial charge in [0.1, 0.15) is 5.82 Å². The van der Waals surface area contributed by atoms with Crippen LogP contribution in [0.1, 0.15) is 0 Å². The summed E-state index contributed by atoms with van der Waals surface area (Å²) < 4.78 is 13.5. The lowest BCUT2D eigenvalue weighted by molar-refractivity contribution is 0.631. The molecule has 15 heavy (non-hydrogen) atoms. The summed E-state index contributed by atoms with van der Waals surface area (Å²) in [7, 11) is 0. The Hall–Kier alpha value is -1.05. The summed E-state index contributed by atoms with van der Waals surface area (Å²) in [5.74, 6) is -0.360. The van der Waals surface area contributed by atoms with Gasteiger partial charge in [-0.15, -0.1) is 0 Å². The number of hydrogen-bond acceptors (Lipinski definition) is 0. The van der Waals surface area contributed by atoms with E-state index in [1.807, 2.05) is 0 Å². The van der Waals surface area contributed by atoms with Crippen LogP contribution in [0.2, 0.25) is 10.0 Å². The molecule has 0 saturated carbocycles. The van der Waals surface area contributed by atoms with E-state index in [0.29, 0.717) is 16.1 Å². The Labute approximate surface area is 97.3 Å². The lowest BCUT2D eigenvalue weighted by Crippen LogP contribution is -1.85. The van der Waals surface area contributed by atoms with Crippen molar-refractivity contribution in [2.24, 2.45) is 0 Å². The predicted octanol–water partition coefficient (Wildman–Crippen LogP) is 4.60. The summed E-state index contributed by atoms with van der Waals surface area (Å²) in [4.78, 5) is 0. The minimum atomic E-state index is -0.360. The average Bonchev–Trinajstić information content (AvgIpc) is 2.20. The Morgan fingerprint density at radius 2 is 1.67 bits per heavy atom. The lowest BCUT2D eigenvalue weighted by Gasteiger charge is -2.05. The monoisotopic (exact) mass is 239 g/mol. The van der Waals surface area contributed by atoms with E-state index in [2.05, 4.69) is 6.07 Å². The molecule has 2 aromatic rings. The van der Waals surface area contributed by atoms with Crippen LogP contribution in [0.5, 0.6) is 0 Å². The van der Waals surface area contributed by atoms with Crippen LogP contribution in [0.25, 0.3) is 11.1 Å². The normalized spacial score (nSPS) is 10.3. The summed E-state index contributed by atoms with van der Waals surface area (Å²) in [5, 5.41) is 0.882. The third-order valence-electron chi connectivity index (χ3n) is 2.03. The molecule has 0 aliphatic carbocycles.